The third-order valence-electron chi connectivity index (χ3n) is 5.96. The number of aliphatic hydroxyl groups excluding tert-OH is 1. The molecule has 0 saturated heterocycles. The highest BCUT2D eigenvalue weighted by Gasteiger charge is 2.26. The number of carbonyl (C=O) groups excluding carboxylic acids is 1. The molecule has 34 heavy (non-hydrogen) atoms. The fourth-order valence-corrected chi connectivity index (χ4v) is 4.02. The van der Waals surface area contributed by atoms with Crippen LogP contribution in [0.1, 0.15) is 36.1 Å². The SMILES string of the molecule is CC(CCc1ccccc1)CNCC(O)c1ccc(OCc2ccccc2)c2c1OCC(=O)N2. The van der Waals surface area contributed by atoms with Crippen LogP contribution in [0.5, 0.6) is 11.5 Å². The van der Waals surface area contributed by atoms with E-state index in [-0.39, 0.29) is 12.5 Å². The molecule has 3 aromatic carbocycles. The molecule has 3 aromatic rings. The fourth-order valence-electron chi connectivity index (χ4n) is 4.02. The second-order valence-corrected chi connectivity index (χ2v) is 8.77. The van der Waals surface area contributed by atoms with Gasteiger partial charge in [0.15, 0.2) is 12.4 Å². The summed E-state index contributed by atoms with van der Waals surface area (Å²) in [5.74, 6) is 1.22. The molecule has 178 valence electrons. The van der Waals surface area contributed by atoms with Crippen molar-refractivity contribution in [2.75, 3.05) is 25.0 Å². The molecule has 1 aliphatic heterocycles. The molecule has 0 spiro atoms. The van der Waals surface area contributed by atoms with Crippen LogP contribution >= 0.6 is 0 Å². The minimum Gasteiger partial charge on any atom is -0.487 e. The first-order valence-corrected chi connectivity index (χ1v) is 11.8. The molecule has 3 N–H and O–H groups in total. The Morgan fingerprint density at radius 3 is 2.44 bits per heavy atom. The molecule has 1 amide bonds. The number of aryl methyl sites for hydroxylation is 1. The number of nitrogens with one attached hydrogen (secondary N) is 2. The lowest BCUT2D eigenvalue weighted by Crippen LogP contribution is -2.29. The summed E-state index contributed by atoms with van der Waals surface area (Å²) in [4.78, 5) is 12.0. The summed E-state index contributed by atoms with van der Waals surface area (Å²) in [6.45, 7) is 3.69. The van der Waals surface area contributed by atoms with E-state index >= 15 is 0 Å². The van der Waals surface area contributed by atoms with Gasteiger partial charge in [0.25, 0.3) is 5.91 Å². The number of carbonyl (C=O) groups is 1. The smallest absolute Gasteiger partial charge is 0.262 e. The number of anilines is 1. The number of amides is 1. The summed E-state index contributed by atoms with van der Waals surface area (Å²) in [7, 11) is 0. The first-order valence-electron chi connectivity index (χ1n) is 11.8. The van der Waals surface area contributed by atoms with Gasteiger partial charge in [-0.3, -0.25) is 4.79 Å². The van der Waals surface area contributed by atoms with Gasteiger partial charge in [-0.25, -0.2) is 0 Å². The Labute approximate surface area is 200 Å². The topological polar surface area (TPSA) is 79.8 Å². The lowest BCUT2D eigenvalue weighted by Gasteiger charge is -2.25. The molecule has 4 rings (SSSR count). The Bertz CT molecular complexity index is 1070. The summed E-state index contributed by atoms with van der Waals surface area (Å²) in [6.07, 6.45) is 1.34. The first kappa shape index (κ1) is 23.8. The predicted molar refractivity (Wildman–Crippen MR) is 133 cm³/mol. The average Bonchev–Trinajstić information content (AvgIpc) is 2.87. The highest BCUT2D eigenvalue weighted by Crippen LogP contribution is 2.42. The van der Waals surface area contributed by atoms with Gasteiger partial charge in [0.05, 0.1) is 6.10 Å². The molecule has 0 radical (unpaired) electrons. The first-order chi connectivity index (χ1) is 16.6. The Morgan fingerprint density at radius 2 is 1.71 bits per heavy atom. The molecular formula is C28H32N2O4. The van der Waals surface area contributed by atoms with E-state index in [1.54, 1.807) is 6.07 Å². The third kappa shape index (κ3) is 6.37. The molecule has 6 nitrogen and oxygen atoms in total. The molecular weight excluding hydrogens is 428 g/mol. The van der Waals surface area contributed by atoms with Gasteiger partial charge in [-0.2, -0.15) is 0 Å². The lowest BCUT2D eigenvalue weighted by atomic mass is 10.0. The zero-order valence-corrected chi connectivity index (χ0v) is 19.5. The van der Waals surface area contributed by atoms with Crippen molar-refractivity contribution in [1.82, 2.24) is 5.32 Å². The van der Waals surface area contributed by atoms with Crippen molar-refractivity contribution in [1.29, 1.82) is 0 Å². The maximum absolute atomic E-state index is 12.0. The number of ether oxygens (including phenoxy) is 2. The summed E-state index contributed by atoms with van der Waals surface area (Å²) < 4.78 is 11.7. The predicted octanol–water partition coefficient (Wildman–Crippen LogP) is 4.49. The van der Waals surface area contributed by atoms with Gasteiger partial charge >= 0.3 is 0 Å². The Kier molecular flexibility index (Phi) is 8.17. The van der Waals surface area contributed by atoms with Crippen LogP contribution in [0.15, 0.2) is 72.8 Å². The van der Waals surface area contributed by atoms with Gasteiger partial charge in [-0.15, -0.1) is 0 Å². The van der Waals surface area contributed by atoms with E-state index in [2.05, 4.69) is 41.8 Å². The van der Waals surface area contributed by atoms with Crippen molar-refractivity contribution >= 4 is 11.6 Å². The molecule has 0 bridgehead atoms. The molecule has 0 aliphatic carbocycles. The number of hydrogen-bond donors (Lipinski definition) is 3. The van der Waals surface area contributed by atoms with E-state index in [0.29, 0.717) is 41.8 Å². The second-order valence-electron chi connectivity index (χ2n) is 8.77. The van der Waals surface area contributed by atoms with Crippen LogP contribution in [-0.4, -0.2) is 30.7 Å². The largest absolute Gasteiger partial charge is 0.487 e. The molecule has 0 aromatic heterocycles. The van der Waals surface area contributed by atoms with Gasteiger partial charge in [0.1, 0.15) is 18.0 Å². The quantitative estimate of drug-likeness (QED) is 0.393. The second kappa shape index (κ2) is 11.7. The lowest BCUT2D eigenvalue weighted by molar-refractivity contribution is -0.118. The fraction of sp³-hybridized carbons (Fsp3) is 0.321. The maximum Gasteiger partial charge on any atom is 0.262 e. The Morgan fingerprint density at radius 1 is 1.00 bits per heavy atom. The summed E-state index contributed by atoms with van der Waals surface area (Å²) in [6, 6.07) is 23.9. The zero-order valence-electron chi connectivity index (χ0n) is 19.5. The average molecular weight is 461 g/mol. The molecule has 0 fully saturated rings. The van der Waals surface area contributed by atoms with Gasteiger partial charge < -0.3 is 25.2 Å². The van der Waals surface area contributed by atoms with Crippen molar-refractivity contribution in [3.63, 3.8) is 0 Å². The van der Waals surface area contributed by atoms with E-state index in [0.717, 1.165) is 24.9 Å². The van der Waals surface area contributed by atoms with Crippen LogP contribution in [-0.2, 0) is 17.8 Å². The van der Waals surface area contributed by atoms with Crippen LogP contribution < -0.4 is 20.1 Å². The number of rotatable bonds is 11. The van der Waals surface area contributed by atoms with Crippen LogP contribution in [0.4, 0.5) is 5.69 Å². The normalized spacial score (nSPS) is 14.5. The van der Waals surface area contributed by atoms with Crippen LogP contribution in [0.2, 0.25) is 0 Å². The Balaban J connectivity index is 1.35. The summed E-state index contributed by atoms with van der Waals surface area (Å²) >= 11 is 0. The molecule has 1 aliphatic rings. The van der Waals surface area contributed by atoms with Gasteiger partial charge in [0.2, 0.25) is 0 Å². The van der Waals surface area contributed by atoms with Crippen molar-refractivity contribution in [2.45, 2.75) is 32.5 Å². The van der Waals surface area contributed by atoms with Crippen LogP contribution in [0.3, 0.4) is 0 Å². The number of hydrogen-bond acceptors (Lipinski definition) is 5. The Hall–Kier alpha value is -3.35. The number of benzene rings is 3. The minimum atomic E-state index is -0.770. The molecule has 6 heteroatoms. The van der Waals surface area contributed by atoms with E-state index in [1.807, 2.05) is 42.5 Å². The monoisotopic (exact) mass is 460 g/mol. The standard InChI is InChI=1S/C28H32N2O4/c1-20(12-13-21-8-4-2-5-9-21)16-29-17-24(31)23-14-15-25(27-28(23)34-19-26(32)30-27)33-18-22-10-6-3-7-11-22/h2-11,14-15,20,24,29,31H,12-13,16-19H2,1H3,(H,30,32). The summed E-state index contributed by atoms with van der Waals surface area (Å²) in [5.41, 5.74) is 3.47. The van der Waals surface area contributed by atoms with Gasteiger partial charge in [-0.05, 0) is 48.6 Å². The highest BCUT2D eigenvalue weighted by atomic mass is 16.5. The van der Waals surface area contributed by atoms with E-state index in [1.165, 1.54) is 5.56 Å². The van der Waals surface area contributed by atoms with Crippen LogP contribution in [0.25, 0.3) is 0 Å². The third-order valence-corrected chi connectivity index (χ3v) is 5.96. The van der Waals surface area contributed by atoms with Crippen molar-refractivity contribution in [2.24, 2.45) is 5.92 Å². The maximum atomic E-state index is 12.0. The minimum absolute atomic E-state index is 0.0845. The number of fused-ring (bicyclic) bond motifs is 1. The van der Waals surface area contributed by atoms with Crippen molar-refractivity contribution in [3.8, 4) is 11.5 Å². The molecule has 1 heterocycles. The molecule has 2 atom stereocenters. The van der Waals surface area contributed by atoms with Crippen molar-refractivity contribution < 1.29 is 19.4 Å². The van der Waals surface area contributed by atoms with Crippen LogP contribution in [0, 0.1) is 5.92 Å². The van der Waals surface area contributed by atoms with E-state index in [4.69, 9.17) is 9.47 Å². The highest BCUT2D eigenvalue weighted by molar-refractivity contribution is 5.97. The van der Waals surface area contributed by atoms with Crippen molar-refractivity contribution in [3.05, 3.63) is 89.5 Å². The van der Waals surface area contributed by atoms with Gasteiger partial charge in [0, 0.05) is 12.1 Å². The molecule has 0 saturated carbocycles. The zero-order chi connectivity index (χ0) is 23.8. The molecule has 2 unspecified atom stereocenters. The summed E-state index contributed by atoms with van der Waals surface area (Å²) in [5, 5.41) is 17.1. The number of aliphatic hydroxyl groups is 1. The van der Waals surface area contributed by atoms with E-state index in [9.17, 15) is 9.90 Å². The van der Waals surface area contributed by atoms with E-state index < -0.39 is 6.10 Å². The van der Waals surface area contributed by atoms with Gasteiger partial charge in [-0.1, -0.05) is 67.6 Å².